The molecular weight excluding hydrogens is 138 g/mol. The second kappa shape index (κ2) is 3.26. The number of nitrogens with one attached hydrogen (secondary N) is 1. The molecule has 62 valence electrons. The SMILES string of the molecule is C1=COC(CNC2CC2)CC1. The fourth-order valence-corrected chi connectivity index (χ4v) is 1.32. The molecule has 1 aliphatic heterocycles. The molecule has 11 heavy (non-hydrogen) atoms. The molecule has 1 saturated carbocycles. The fraction of sp³-hybridized carbons (Fsp3) is 0.778. The zero-order valence-electron chi connectivity index (χ0n) is 6.75. The van der Waals surface area contributed by atoms with Crippen molar-refractivity contribution in [1.29, 1.82) is 0 Å². The molecule has 0 bridgehead atoms. The molecule has 2 aliphatic rings. The van der Waals surface area contributed by atoms with Gasteiger partial charge in [0.25, 0.3) is 0 Å². The van der Waals surface area contributed by atoms with E-state index in [-0.39, 0.29) is 0 Å². The summed E-state index contributed by atoms with van der Waals surface area (Å²) < 4.78 is 5.41. The Morgan fingerprint density at radius 3 is 2.91 bits per heavy atom. The van der Waals surface area contributed by atoms with Crippen molar-refractivity contribution in [2.75, 3.05) is 6.54 Å². The van der Waals surface area contributed by atoms with Crippen molar-refractivity contribution in [3.63, 3.8) is 0 Å². The minimum Gasteiger partial charge on any atom is -0.497 e. The summed E-state index contributed by atoms with van der Waals surface area (Å²) in [5.74, 6) is 0. The van der Waals surface area contributed by atoms with Crippen LogP contribution in [-0.2, 0) is 4.74 Å². The molecule has 1 fully saturated rings. The second-order valence-electron chi connectivity index (χ2n) is 3.39. The third-order valence-corrected chi connectivity index (χ3v) is 2.23. The molecule has 2 heteroatoms. The first-order valence-corrected chi connectivity index (χ1v) is 4.49. The van der Waals surface area contributed by atoms with E-state index < -0.39 is 0 Å². The van der Waals surface area contributed by atoms with Gasteiger partial charge in [0.2, 0.25) is 0 Å². The average molecular weight is 153 g/mol. The molecular formula is C9H15NO. The monoisotopic (exact) mass is 153 g/mol. The first-order chi connectivity index (χ1) is 5.45. The Morgan fingerprint density at radius 1 is 1.36 bits per heavy atom. The summed E-state index contributed by atoms with van der Waals surface area (Å²) in [6.07, 6.45) is 9.44. The lowest BCUT2D eigenvalue weighted by atomic mass is 10.1. The van der Waals surface area contributed by atoms with Crippen LogP contribution in [0.25, 0.3) is 0 Å². The van der Waals surface area contributed by atoms with Gasteiger partial charge in [0.15, 0.2) is 0 Å². The van der Waals surface area contributed by atoms with Crippen LogP contribution in [-0.4, -0.2) is 18.7 Å². The minimum absolute atomic E-state index is 0.431. The summed E-state index contributed by atoms with van der Waals surface area (Å²) in [4.78, 5) is 0. The Bertz CT molecular complexity index is 152. The summed E-state index contributed by atoms with van der Waals surface area (Å²) in [6.45, 7) is 1.04. The van der Waals surface area contributed by atoms with Crippen LogP contribution in [0.4, 0.5) is 0 Å². The van der Waals surface area contributed by atoms with Crippen LogP contribution in [0.5, 0.6) is 0 Å². The number of ether oxygens (including phenoxy) is 1. The molecule has 1 heterocycles. The van der Waals surface area contributed by atoms with Crippen LogP contribution in [0.1, 0.15) is 25.7 Å². The van der Waals surface area contributed by atoms with E-state index in [4.69, 9.17) is 4.74 Å². The summed E-state index contributed by atoms with van der Waals surface area (Å²) in [5, 5.41) is 3.47. The molecule has 1 atom stereocenters. The zero-order chi connectivity index (χ0) is 7.52. The maximum absolute atomic E-state index is 5.41. The maximum Gasteiger partial charge on any atom is 0.110 e. The van der Waals surface area contributed by atoms with Gasteiger partial charge >= 0.3 is 0 Å². The Kier molecular flexibility index (Phi) is 2.13. The van der Waals surface area contributed by atoms with Crippen LogP contribution in [0, 0.1) is 0 Å². The van der Waals surface area contributed by atoms with Crippen molar-refractivity contribution >= 4 is 0 Å². The largest absolute Gasteiger partial charge is 0.497 e. The number of hydrogen-bond donors (Lipinski definition) is 1. The first kappa shape index (κ1) is 7.17. The molecule has 1 unspecified atom stereocenters. The molecule has 0 aromatic carbocycles. The molecule has 0 radical (unpaired) electrons. The lowest BCUT2D eigenvalue weighted by Gasteiger charge is -2.19. The Hall–Kier alpha value is -0.500. The highest BCUT2D eigenvalue weighted by Crippen LogP contribution is 2.19. The van der Waals surface area contributed by atoms with E-state index in [1.165, 1.54) is 25.7 Å². The highest BCUT2D eigenvalue weighted by Gasteiger charge is 2.22. The molecule has 2 nitrogen and oxygen atoms in total. The number of rotatable bonds is 3. The second-order valence-corrected chi connectivity index (χ2v) is 3.39. The van der Waals surface area contributed by atoms with Gasteiger partial charge in [0.05, 0.1) is 6.26 Å². The zero-order valence-corrected chi connectivity index (χ0v) is 6.75. The molecule has 0 aromatic heterocycles. The molecule has 1 N–H and O–H groups in total. The molecule has 1 aliphatic carbocycles. The topological polar surface area (TPSA) is 21.3 Å². The third kappa shape index (κ3) is 2.22. The highest BCUT2D eigenvalue weighted by atomic mass is 16.5. The van der Waals surface area contributed by atoms with Crippen molar-refractivity contribution in [2.45, 2.75) is 37.8 Å². The standard InChI is InChI=1S/C9H15NO/c1-2-6-11-9(3-1)7-10-8-4-5-8/h2,6,8-10H,1,3-5,7H2. The minimum atomic E-state index is 0.431. The third-order valence-electron chi connectivity index (χ3n) is 2.23. The van der Waals surface area contributed by atoms with Crippen molar-refractivity contribution in [1.82, 2.24) is 5.32 Å². The van der Waals surface area contributed by atoms with E-state index in [1.54, 1.807) is 0 Å². The van der Waals surface area contributed by atoms with E-state index >= 15 is 0 Å². The van der Waals surface area contributed by atoms with E-state index in [0.29, 0.717) is 6.10 Å². The van der Waals surface area contributed by atoms with Crippen LogP contribution >= 0.6 is 0 Å². The quantitative estimate of drug-likeness (QED) is 0.662. The highest BCUT2D eigenvalue weighted by molar-refractivity contribution is 4.86. The van der Waals surface area contributed by atoms with Crippen LogP contribution in [0.2, 0.25) is 0 Å². The van der Waals surface area contributed by atoms with Gasteiger partial charge in [0.1, 0.15) is 6.10 Å². The predicted molar refractivity (Wildman–Crippen MR) is 44.3 cm³/mol. The van der Waals surface area contributed by atoms with Crippen LogP contribution in [0.3, 0.4) is 0 Å². The van der Waals surface area contributed by atoms with Crippen LogP contribution in [0.15, 0.2) is 12.3 Å². The van der Waals surface area contributed by atoms with Crippen LogP contribution < -0.4 is 5.32 Å². The summed E-state index contributed by atoms with van der Waals surface area (Å²) in [5.41, 5.74) is 0. The first-order valence-electron chi connectivity index (χ1n) is 4.49. The van der Waals surface area contributed by atoms with Gasteiger partial charge in [-0.05, 0) is 31.8 Å². The molecule has 0 aromatic rings. The Morgan fingerprint density at radius 2 is 2.27 bits per heavy atom. The van der Waals surface area contributed by atoms with Crippen molar-refractivity contribution in [3.8, 4) is 0 Å². The number of allylic oxidation sites excluding steroid dienone is 1. The van der Waals surface area contributed by atoms with Crippen molar-refractivity contribution in [3.05, 3.63) is 12.3 Å². The van der Waals surface area contributed by atoms with Gasteiger partial charge in [-0.25, -0.2) is 0 Å². The molecule has 0 amide bonds. The Balaban J connectivity index is 1.64. The van der Waals surface area contributed by atoms with E-state index in [9.17, 15) is 0 Å². The molecule has 2 rings (SSSR count). The lowest BCUT2D eigenvalue weighted by Crippen LogP contribution is -2.30. The average Bonchev–Trinajstić information content (AvgIpc) is 2.86. The van der Waals surface area contributed by atoms with E-state index in [0.717, 1.165) is 12.6 Å². The van der Waals surface area contributed by atoms with Gasteiger partial charge in [-0.3, -0.25) is 0 Å². The van der Waals surface area contributed by atoms with Crippen molar-refractivity contribution in [2.24, 2.45) is 0 Å². The fourth-order valence-electron chi connectivity index (χ4n) is 1.32. The Labute approximate surface area is 67.6 Å². The molecule has 0 spiro atoms. The van der Waals surface area contributed by atoms with E-state index in [1.807, 2.05) is 6.26 Å². The van der Waals surface area contributed by atoms with Gasteiger partial charge < -0.3 is 10.1 Å². The van der Waals surface area contributed by atoms with Crippen molar-refractivity contribution < 1.29 is 4.74 Å². The van der Waals surface area contributed by atoms with E-state index in [2.05, 4.69) is 11.4 Å². The van der Waals surface area contributed by atoms with Gasteiger partial charge in [-0.1, -0.05) is 0 Å². The summed E-state index contributed by atoms with van der Waals surface area (Å²) in [6, 6.07) is 0.810. The smallest absolute Gasteiger partial charge is 0.110 e. The molecule has 0 saturated heterocycles. The number of hydrogen-bond acceptors (Lipinski definition) is 2. The van der Waals surface area contributed by atoms with Gasteiger partial charge in [0, 0.05) is 12.6 Å². The summed E-state index contributed by atoms with van der Waals surface area (Å²) >= 11 is 0. The maximum atomic E-state index is 5.41. The van der Waals surface area contributed by atoms with Gasteiger partial charge in [-0.2, -0.15) is 0 Å². The summed E-state index contributed by atoms with van der Waals surface area (Å²) in [7, 11) is 0. The lowest BCUT2D eigenvalue weighted by molar-refractivity contribution is 0.122. The predicted octanol–water partition coefficient (Wildman–Crippen LogP) is 1.43. The van der Waals surface area contributed by atoms with Gasteiger partial charge in [-0.15, -0.1) is 0 Å². The normalized spacial score (nSPS) is 30.0.